The van der Waals surface area contributed by atoms with Crippen molar-refractivity contribution in [3.8, 4) is 11.3 Å². The maximum Gasteiger partial charge on any atom is 0.345 e. The fourth-order valence-electron chi connectivity index (χ4n) is 2.24. The Balaban J connectivity index is 2.07. The van der Waals surface area contributed by atoms with Crippen molar-refractivity contribution in [2.45, 2.75) is 0 Å². The first kappa shape index (κ1) is 17.9. The second-order valence-corrected chi connectivity index (χ2v) is 5.83. The van der Waals surface area contributed by atoms with E-state index in [1.54, 1.807) is 18.2 Å². The summed E-state index contributed by atoms with van der Waals surface area (Å²) in [5, 5.41) is 6.87. The molecule has 0 aliphatic rings. The van der Waals surface area contributed by atoms with Crippen LogP contribution in [0.5, 0.6) is 0 Å². The molecule has 26 heavy (non-hydrogen) atoms. The maximum atomic E-state index is 12.3. The van der Waals surface area contributed by atoms with E-state index in [1.165, 1.54) is 31.6 Å². The topological polar surface area (TPSA) is 94.3 Å². The number of ether oxygens (including phenoxy) is 1. The molecule has 7 nitrogen and oxygen atoms in total. The van der Waals surface area contributed by atoms with Crippen molar-refractivity contribution in [1.82, 2.24) is 10.1 Å². The van der Waals surface area contributed by atoms with E-state index < -0.39 is 11.9 Å². The first-order valence-corrected chi connectivity index (χ1v) is 8.02. The number of carbonyl (C=O) groups excluding carboxylic acids is 2. The molecule has 0 saturated carbocycles. The molecule has 9 heteroatoms. The third-order valence-electron chi connectivity index (χ3n) is 3.45. The number of esters is 1. The predicted molar refractivity (Wildman–Crippen MR) is 95.5 cm³/mol. The number of hydrogen-bond acceptors (Lipinski definition) is 6. The standard InChI is InChI=1S/C17H11Cl2N3O4/c1-25-17(24)13-14(12-10(18)3-2-4-11(12)19)22-26-16(13)21-15(23)9-5-7-20-8-6-9/h2-8H,1H3,(H,21,23). The monoisotopic (exact) mass is 391 g/mol. The number of benzene rings is 1. The van der Waals surface area contributed by atoms with Gasteiger partial charge in [0, 0.05) is 23.5 Å². The summed E-state index contributed by atoms with van der Waals surface area (Å²) in [6.45, 7) is 0. The van der Waals surface area contributed by atoms with E-state index in [-0.39, 0.29) is 27.2 Å². The van der Waals surface area contributed by atoms with Crippen molar-refractivity contribution in [3.63, 3.8) is 0 Å². The van der Waals surface area contributed by atoms with Crippen molar-refractivity contribution in [2.75, 3.05) is 12.4 Å². The summed E-state index contributed by atoms with van der Waals surface area (Å²) in [7, 11) is 1.20. The molecular formula is C17H11Cl2N3O4. The fourth-order valence-corrected chi connectivity index (χ4v) is 2.82. The van der Waals surface area contributed by atoms with Gasteiger partial charge in [-0.15, -0.1) is 0 Å². The minimum absolute atomic E-state index is 0.0671. The second-order valence-electron chi connectivity index (χ2n) is 5.01. The van der Waals surface area contributed by atoms with Crippen LogP contribution in [0.3, 0.4) is 0 Å². The van der Waals surface area contributed by atoms with Gasteiger partial charge in [-0.2, -0.15) is 0 Å². The molecule has 1 aromatic carbocycles. The summed E-state index contributed by atoms with van der Waals surface area (Å²) in [5.41, 5.74) is 0.594. The highest BCUT2D eigenvalue weighted by Gasteiger charge is 2.28. The average molecular weight is 392 g/mol. The third kappa shape index (κ3) is 3.40. The Morgan fingerprint density at radius 2 is 1.77 bits per heavy atom. The molecule has 0 fully saturated rings. The highest BCUT2D eigenvalue weighted by atomic mass is 35.5. The number of halogens is 2. The van der Waals surface area contributed by atoms with Crippen LogP contribution in [0.4, 0.5) is 5.88 Å². The van der Waals surface area contributed by atoms with E-state index in [9.17, 15) is 9.59 Å². The number of nitrogens with zero attached hydrogens (tertiary/aromatic N) is 2. The van der Waals surface area contributed by atoms with Crippen molar-refractivity contribution < 1.29 is 18.8 Å². The van der Waals surface area contributed by atoms with Crippen LogP contribution in [0.15, 0.2) is 47.2 Å². The van der Waals surface area contributed by atoms with Gasteiger partial charge >= 0.3 is 5.97 Å². The van der Waals surface area contributed by atoms with Crippen LogP contribution >= 0.6 is 23.2 Å². The quantitative estimate of drug-likeness (QED) is 0.673. The number of carbonyl (C=O) groups is 2. The van der Waals surface area contributed by atoms with Gasteiger partial charge in [0.1, 0.15) is 5.69 Å². The molecule has 0 atom stereocenters. The van der Waals surface area contributed by atoms with Crippen LogP contribution in [0.25, 0.3) is 11.3 Å². The smallest absolute Gasteiger partial charge is 0.345 e. The number of amides is 1. The fraction of sp³-hybridized carbons (Fsp3) is 0.0588. The summed E-state index contributed by atoms with van der Waals surface area (Å²) >= 11 is 12.4. The van der Waals surface area contributed by atoms with Gasteiger partial charge in [0.25, 0.3) is 5.91 Å². The molecule has 0 spiro atoms. The molecule has 2 aromatic heterocycles. The van der Waals surface area contributed by atoms with Crippen LogP contribution in [-0.4, -0.2) is 29.1 Å². The summed E-state index contributed by atoms with van der Waals surface area (Å²) in [5.74, 6) is -1.45. The van der Waals surface area contributed by atoms with Crippen LogP contribution in [0.1, 0.15) is 20.7 Å². The normalized spacial score (nSPS) is 10.4. The van der Waals surface area contributed by atoms with E-state index >= 15 is 0 Å². The molecule has 0 aliphatic carbocycles. The summed E-state index contributed by atoms with van der Waals surface area (Å²) < 4.78 is 9.94. The Kier molecular flexibility index (Phi) is 5.20. The molecule has 0 aliphatic heterocycles. The molecule has 0 unspecified atom stereocenters. The van der Waals surface area contributed by atoms with E-state index in [4.69, 9.17) is 32.5 Å². The van der Waals surface area contributed by atoms with Crippen LogP contribution < -0.4 is 5.32 Å². The number of nitrogens with one attached hydrogen (secondary N) is 1. The highest BCUT2D eigenvalue weighted by molar-refractivity contribution is 6.39. The number of pyridine rings is 1. The lowest BCUT2D eigenvalue weighted by molar-refractivity contribution is 0.0602. The second kappa shape index (κ2) is 7.55. The Morgan fingerprint density at radius 3 is 2.38 bits per heavy atom. The van der Waals surface area contributed by atoms with E-state index in [0.717, 1.165) is 0 Å². The Labute approximate surface area is 157 Å². The first-order chi connectivity index (χ1) is 12.5. The van der Waals surface area contributed by atoms with Crippen LogP contribution in [0, 0.1) is 0 Å². The molecule has 1 amide bonds. The Morgan fingerprint density at radius 1 is 1.12 bits per heavy atom. The summed E-state index contributed by atoms with van der Waals surface area (Å²) in [4.78, 5) is 28.4. The largest absolute Gasteiger partial charge is 0.465 e. The maximum absolute atomic E-state index is 12.3. The van der Waals surface area contributed by atoms with Crippen molar-refractivity contribution in [2.24, 2.45) is 0 Å². The van der Waals surface area contributed by atoms with E-state index in [1.807, 2.05) is 0 Å². The zero-order chi connectivity index (χ0) is 18.7. The highest BCUT2D eigenvalue weighted by Crippen LogP contribution is 2.38. The molecule has 0 bridgehead atoms. The molecule has 0 radical (unpaired) electrons. The number of hydrogen-bond donors (Lipinski definition) is 1. The SMILES string of the molecule is COC(=O)c1c(-c2c(Cl)cccc2Cl)noc1NC(=O)c1ccncc1. The third-order valence-corrected chi connectivity index (χ3v) is 4.08. The number of anilines is 1. The van der Waals surface area contributed by atoms with Crippen molar-refractivity contribution in [3.05, 3.63) is 63.9 Å². The lowest BCUT2D eigenvalue weighted by Crippen LogP contribution is -2.14. The molecule has 2 heterocycles. The van der Waals surface area contributed by atoms with Gasteiger partial charge in [0.2, 0.25) is 5.88 Å². The van der Waals surface area contributed by atoms with Gasteiger partial charge in [-0.1, -0.05) is 34.4 Å². The van der Waals surface area contributed by atoms with Crippen molar-refractivity contribution in [1.29, 1.82) is 0 Å². The molecular weight excluding hydrogens is 381 g/mol. The summed E-state index contributed by atoms with van der Waals surface area (Å²) in [6.07, 6.45) is 2.93. The van der Waals surface area contributed by atoms with Crippen molar-refractivity contribution >= 4 is 41.0 Å². The van der Waals surface area contributed by atoms with Crippen LogP contribution in [0.2, 0.25) is 10.0 Å². The molecule has 1 N–H and O–H groups in total. The van der Waals surface area contributed by atoms with Gasteiger partial charge in [-0.25, -0.2) is 4.79 Å². The van der Waals surface area contributed by atoms with E-state index in [2.05, 4.69) is 15.5 Å². The van der Waals surface area contributed by atoms with Crippen LogP contribution in [-0.2, 0) is 4.74 Å². The molecule has 132 valence electrons. The van der Waals surface area contributed by atoms with Gasteiger partial charge in [0.15, 0.2) is 5.56 Å². The van der Waals surface area contributed by atoms with E-state index in [0.29, 0.717) is 11.1 Å². The lowest BCUT2D eigenvalue weighted by atomic mass is 10.1. The summed E-state index contributed by atoms with van der Waals surface area (Å²) in [6, 6.07) is 7.85. The zero-order valence-electron chi connectivity index (χ0n) is 13.3. The zero-order valence-corrected chi connectivity index (χ0v) is 14.8. The van der Waals surface area contributed by atoms with Gasteiger partial charge in [-0.05, 0) is 24.3 Å². The number of methoxy groups -OCH3 is 1. The first-order valence-electron chi connectivity index (χ1n) is 7.26. The Hall–Kier alpha value is -2.90. The minimum atomic E-state index is -0.762. The molecule has 3 rings (SSSR count). The molecule has 3 aromatic rings. The lowest BCUT2D eigenvalue weighted by Gasteiger charge is -2.06. The average Bonchev–Trinajstić information content (AvgIpc) is 3.04. The Bertz CT molecular complexity index is 953. The van der Waals surface area contributed by atoms with Gasteiger partial charge < -0.3 is 9.26 Å². The van der Waals surface area contributed by atoms with Gasteiger partial charge in [0.05, 0.1) is 17.2 Å². The van der Waals surface area contributed by atoms with Gasteiger partial charge in [-0.3, -0.25) is 15.1 Å². The number of rotatable bonds is 4. The predicted octanol–water partition coefficient (Wildman–Crippen LogP) is 4.08. The number of aromatic nitrogens is 2. The molecule has 0 saturated heterocycles. The minimum Gasteiger partial charge on any atom is -0.465 e.